The van der Waals surface area contributed by atoms with Gasteiger partial charge in [-0.1, -0.05) is 28.1 Å². The minimum absolute atomic E-state index is 0.855. The first-order valence-electron chi connectivity index (χ1n) is 5.95. The fourth-order valence-electron chi connectivity index (χ4n) is 1.68. The highest BCUT2D eigenvalue weighted by atomic mass is 79.9. The van der Waals surface area contributed by atoms with E-state index in [2.05, 4.69) is 56.5 Å². The van der Waals surface area contributed by atoms with Gasteiger partial charge >= 0.3 is 0 Å². The molecule has 0 aliphatic carbocycles. The summed E-state index contributed by atoms with van der Waals surface area (Å²) in [6.07, 6.45) is 2.58. The summed E-state index contributed by atoms with van der Waals surface area (Å²) in [7, 11) is 1.88. The van der Waals surface area contributed by atoms with Crippen LogP contribution in [0.15, 0.2) is 29.0 Å². The summed E-state index contributed by atoms with van der Waals surface area (Å²) in [6, 6.07) is 6.43. The standard InChI is InChI=1S/C13H17BrN4/c1-10-3-4-11(7-12(10)14)8-15-6-5-13-16-9-18(2)17-13/h3-4,7,9,15H,5-6,8H2,1-2H3. The number of aromatic nitrogens is 3. The van der Waals surface area contributed by atoms with E-state index in [4.69, 9.17) is 0 Å². The molecule has 1 heterocycles. The number of hydrogen-bond acceptors (Lipinski definition) is 3. The molecule has 1 N–H and O–H groups in total. The van der Waals surface area contributed by atoms with Crippen LogP contribution < -0.4 is 5.32 Å². The second kappa shape index (κ2) is 6.11. The smallest absolute Gasteiger partial charge is 0.151 e. The van der Waals surface area contributed by atoms with Crippen molar-refractivity contribution in [2.24, 2.45) is 7.05 Å². The minimum atomic E-state index is 0.855. The number of aryl methyl sites for hydroxylation is 2. The molecular weight excluding hydrogens is 292 g/mol. The maximum atomic E-state index is 4.24. The molecule has 0 spiro atoms. The first-order valence-corrected chi connectivity index (χ1v) is 6.75. The lowest BCUT2D eigenvalue weighted by Crippen LogP contribution is -2.17. The molecule has 1 aromatic heterocycles. The third-order valence-corrected chi connectivity index (χ3v) is 3.59. The zero-order chi connectivity index (χ0) is 13.0. The van der Waals surface area contributed by atoms with E-state index in [-0.39, 0.29) is 0 Å². The summed E-state index contributed by atoms with van der Waals surface area (Å²) in [5.41, 5.74) is 2.54. The van der Waals surface area contributed by atoms with E-state index in [9.17, 15) is 0 Å². The molecule has 0 radical (unpaired) electrons. The summed E-state index contributed by atoms with van der Waals surface area (Å²) in [6.45, 7) is 3.84. The summed E-state index contributed by atoms with van der Waals surface area (Å²) in [5.74, 6) is 0.884. The molecule has 2 aromatic rings. The van der Waals surface area contributed by atoms with Gasteiger partial charge in [-0.2, -0.15) is 5.10 Å². The number of benzene rings is 1. The van der Waals surface area contributed by atoms with E-state index in [1.165, 1.54) is 11.1 Å². The molecule has 96 valence electrons. The molecule has 5 heteroatoms. The van der Waals surface area contributed by atoms with Gasteiger partial charge in [-0.05, 0) is 24.1 Å². The van der Waals surface area contributed by atoms with Gasteiger partial charge in [0.2, 0.25) is 0 Å². The van der Waals surface area contributed by atoms with Crippen LogP contribution in [-0.2, 0) is 20.0 Å². The molecule has 0 atom stereocenters. The summed E-state index contributed by atoms with van der Waals surface area (Å²) < 4.78 is 2.89. The Morgan fingerprint density at radius 1 is 1.39 bits per heavy atom. The Morgan fingerprint density at radius 2 is 2.22 bits per heavy atom. The molecule has 2 rings (SSSR count). The maximum absolute atomic E-state index is 4.24. The molecule has 4 nitrogen and oxygen atoms in total. The Hall–Kier alpha value is -1.20. The molecule has 18 heavy (non-hydrogen) atoms. The Balaban J connectivity index is 1.76. The van der Waals surface area contributed by atoms with Crippen LogP contribution in [0.2, 0.25) is 0 Å². The van der Waals surface area contributed by atoms with Crippen LogP contribution in [0.5, 0.6) is 0 Å². The van der Waals surface area contributed by atoms with Gasteiger partial charge in [0.05, 0.1) is 0 Å². The third-order valence-electron chi connectivity index (χ3n) is 2.74. The zero-order valence-electron chi connectivity index (χ0n) is 10.7. The van der Waals surface area contributed by atoms with E-state index in [0.717, 1.165) is 29.8 Å². The van der Waals surface area contributed by atoms with Crippen LogP contribution in [0.4, 0.5) is 0 Å². The fourth-order valence-corrected chi connectivity index (χ4v) is 2.10. The molecule has 0 saturated carbocycles. The summed E-state index contributed by atoms with van der Waals surface area (Å²) in [4.78, 5) is 4.19. The zero-order valence-corrected chi connectivity index (χ0v) is 12.2. The van der Waals surface area contributed by atoms with E-state index in [1.807, 2.05) is 7.05 Å². The summed E-state index contributed by atoms with van der Waals surface area (Å²) >= 11 is 3.54. The molecule has 1 aromatic carbocycles. The Bertz CT molecular complexity index is 521. The highest BCUT2D eigenvalue weighted by molar-refractivity contribution is 9.10. The number of nitrogens with zero attached hydrogens (tertiary/aromatic N) is 3. The first kappa shape index (κ1) is 13.2. The van der Waals surface area contributed by atoms with Gasteiger partial charge in [-0.25, -0.2) is 4.98 Å². The predicted molar refractivity (Wildman–Crippen MR) is 75.3 cm³/mol. The molecule has 0 fully saturated rings. The van der Waals surface area contributed by atoms with E-state index in [0.29, 0.717) is 0 Å². The quantitative estimate of drug-likeness (QED) is 0.861. The molecule has 0 amide bonds. The SMILES string of the molecule is Cc1ccc(CNCCc2ncn(C)n2)cc1Br. The number of halogens is 1. The van der Waals surface area contributed by atoms with E-state index >= 15 is 0 Å². The van der Waals surface area contributed by atoms with Crippen molar-refractivity contribution in [3.05, 3.63) is 46.0 Å². The van der Waals surface area contributed by atoms with Crippen LogP contribution in [0, 0.1) is 6.92 Å². The molecule has 0 unspecified atom stereocenters. The lowest BCUT2D eigenvalue weighted by molar-refractivity contribution is 0.661. The topological polar surface area (TPSA) is 42.7 Å². The van der Waals surface area contributed by atoms with Gasteiger partial charge in [-0.3, -0.25) is 4.68 Å². The summed E-state index contributed by atoms with van der Waals surface area (Å²) in [5, 5.41) is 7.64. The second-order valence-electron chi connectivity index (χ2n) is 4.34. The van der Waals surface area contributed by atoms with Crippen molar-refractivity contribution >= 4 is 15.9 Å². The van der Waals surface area contributed by atoms with Gasteiger partial charge in [0.15, 0.2) is 5.82 Å². The number of nitrogens with one attached hydrogen (secondary N) is 1. The second-order valence-corrected chi connectivity index (χ2v) is 5.20. The average Bonchev–Trinajstić information content (AvgIpc) is 2.75. The largest absolute Gasteiger partial charge is 0.312 e. The van der Waals surface area contributed by atoms with Crippen LogP contribution >= 0.6 is 15.9 Å². The highest BCUT2D eigenvalue weighted by Gasteiger charge is 2.00. The normalized spacial score (nSPS) is 10.8. The highest BCUT2D eigenvalue weighted by Crippen LogP contribution is 2.17. The van der Waals surface area contributed by atoms with Crippen molar-refractivity contribution in [2.75, 3.05) is 6.54 Å². The molecule has 0 aliphatic rings. The van der Waals surface area contributed by atoms with Crippen molar-refractivity contribution in [3.8, 4) is 0 Å². The molecular formula is C13H17BrN4. The van der Waals surface area contributed by atoms with Crippen molar-refractivity contribution < 1.29 is 0 Å². The van der Waals surface area contributed by atoms with Gasteiger partial charge in [-0.15, -0.1) is 0 Å². The molecule has 0 saturated heterocycles. The van der Waals surface area contributed by atoms with Crippen LogP contribution in [0.25, 0.3) is 0 Å². The van der Waals surface area contributed by atoms with Gasteiger partial charge in [0.25, 0.3) is 0 Å². The number of hydrogen-bond donors (Lipinski definition) is 1. The van der Waals surface area contributed by atoms with Gasteiger partial charge < -0.3 is 5.32 Å². The Kier molecular flexibility index (Phi) is 4.49. The van der Waals surface area contributed by atoms with Crippen molar-refractivity contribution in [1.82, 2.24) is 20.1 Å². The van der Waals surface area contributed by atoms with Crippen molar-refractivity contribution in [2.45, 2.75) is 19.9 Å². The average molecular weight is 309 g/mol. The van der Waals surface area contributed by atoms with E-state index < -0.39 is 0 Å². The van der Waals surface area contributed by atoms with Crippen LogP contribution in [0.3, 0.4) is 0 Å². The Labute approximate surface area is 116 Å². The Morgan fingerprint density at radius 3 is 2.89 bits per heavy atom. The van der Waals surface area contributed by atoms with E-state index in [1.54, 1.807) is 11.0 Å². The maximum Gasteiger partial charge on any atom is 0.151 e. The van der Waals surface area contributed by atoms with Gasteiger partial charge in [0.1, 0.15) is 6.33 Å². The van der Waals surface area contributed by atoms with Crippen molar-refractivity contribution in [3.63, 3.8) is 0 Å². The molecule has 0 bridgehead atoms. The lowest BCUT2D eigenvalue weighted by atomic mass is 10.1. The monoisotopic (exact) mass is 308 g/mol. The lowest BCUT2D eigenvalue weighted by Gasteiger charge is -2.05. The van der Waals surface area contributed by atoms with Crippen LogP contribution in [0.1, 0.15) is 17.0 Å². The van der Waals surface area contributed by atoms with Gasteiger partial charge in [0, 0.05) is 31.0 Å². The van der Waals surface area contributed by atoms with Crippen LogP contribution in [-0.4, -0.2) is 21.3 Å². The minimum Gasteiger partial charge on any atom is -0.312 e. The fraction of sp³-hybridized carbons (Fsp3) is 0.385. The first-order chi connectivity index (χ1) is 8.65. The molecule has 0 aliphatic heterocycles. The third kappa shape index (κ3) is 3.65. The number of rotatable bonds is 5. The van der Waals surface area contributed by atoms with Crippen molar-refractivity contribution in [1.29, 1.82) is 0 Å². The predicted octanol–water partition coefficient (Wildman–Crippen LogP) is 2.22.